The first-order valence-corrected chi connectivity index (χ1v) is 6.66. The fraction of sp³-hybridized carbons (Fsp3) is 0.933. The van der Waals surface area contributed by atoms with E-state index < -0.39 is 0 Å². The van der Waals surface area contributed by atoms with Gasteiger partial charge < -0.3 is 4.90 Å². The van der Waals surface area contributed by atoms with Crippen molar-refractivity contribution < 1.29 is 4.79 Å². The van der Waals surface area contributed by atoms with E-state index in [1.165, 1.54) is 0 Å². The SMILES string of the molecule is CN1CC(C)(C)CC(=O)C(C)(C)CC(C)(C)C1. The van der Waals surface area contributed by atoms with Crippen molar-refractivity contribution in [2.45, 2.75) is 54.4 Å². The summed E-state index contributed by atoms with van der Waals surface area (Å²) in [4.78, 5) is 14.8. The van der Waals surface area contributed by atoms with Crippen molar-refractivity contribution in [1.29, 1.82) is 0 Å². The highest BCUT2D eigenvalue weighted by atomic mass is 16.1. The fourth-order valence-corrected chi connectivity index (χ4v) is 3.60. The van der Waals surface area contributed by atoms with Gasteiger partial charge in [-0.2, -0.15) is 0 Å². The van der Waals surface area contributed by atoms with Gasteiger partial charge in [-0.1, -0.05) is 41.5 Å². The molecule has 0 aromatic carbocycles. The number of hydrogen-bond donors (Lipinski definition) is 0. The van der Waals surface area contributed by atoms with Crippen LogP contribution in [0.4, 0.5) is 0 Å². The largest absolute Gasteiger partial charge is 0.305 e. The molecule has 0 N–H and O–H groups in total. The van der Waals surface area contributed by atoms with Crippen molar-refractivity contribution in [1.82, 2.24) is 4.90 Å². The van der Waals surface area contributed by atoms with Gasteiger partial charge in [0.2, 0.25) is 0 Å². The van der Waals surface area contributed by atoms with Gasteiger partial charge in [0.15, 0.2) is 0 Å². The van der Waals surface area contributed by atoms with Crippen molar-refractivity contribution in [3.63, 3.8) is 0 Å². The van der Waals surface area contributed by atoms with Gasteiger partial charge in [-0.3, -0.25) is 4.79 Å². The first-order valence-electron chi connectivity index (χ1n) is 6.66. The summed E-state index contributed by atoms with van der Waals surface area (Å²) in [5.74, 6) is 0.422. The molecule has 0 aliphatic carbocycles. The highest BCUT2D eigenvalue weighted by Crippen LogP contribution is 2.40. The Bertz CT molecular complexity index is 302. The molecule has 0 unspecified atom stereocenters. The first-order chi connectivity index (χ1) is 7.44. The third-order valence-electron chi connectivity index (χ3n) is 3.71. The lowest BCUT2D eigenvalue weighted by molar-refractivity contribution is -0.130. The molecule has 0 saturated carbocycles. The zero-order valence-electron chi connectivity index (χ0n) is 12.7. The lowest BCUT2D eigenvalue weighted by atomic mass is 9.70. The number of nitrogens with zero attached hydrogens (tertiary/aromatic N) is 1. The molecule has 1 aliphatic heterocycles. The Morgan fingerprint density at radius 2 is 1.41 bits per heavy atom. The maximum Gasteiger partial charge on any atom is 0.139 e. The third-order valence-corrected chi connectivity index (χ3v) is 3.71. The van der Waals surface area contributed by atoms with E-state index in [0.29, 0.717) is 12.2 Å². The van der Waals surface area contributed by atoms with Crippen LogP contribution in [0.25, 0.3) is 0 Å². The van der Waals surface area contributed by atoms with Crippen LogP contribution in [0.15, 0.2) is 0 Å². The second-order valence-electron chi connectivity index (χ2n) is 8.16. The van der Waals surface area contributed by atoms with E-state index in [4.69, 9.17) is 0 Å². The van der Waals surface area contributed by atoms with Crippen molar-refractivity contribution in [2.24, 2.45) is 16.2 Å². The van der Waals surface area contributed by atoms with E-state index in [2.05, 4.69) is 53.5 Å². The molecule has 100 valence electrons. The molecular weight excluding hydrogens is 210 g/mol. The number of ketones is 1. The lowest BCUT2D eigenvalue weighted by Gasteiger charge is -2.35. The topological polar surface area (TPSA) is 20.3 Å². The van der Waals surface area contributed by atoms with Crippen LogP contribution >= 0.6 is 0 Å². The number of carbonyl (C=O) groups excluding carboxylic acids is 1. The molecule has 0 atom stereocenters. The Balaban J connectivity index is 3.03. The van der Waals surface area contributed by atoms with Crippen LogP contribution in [0, 0.1) is 16.2 Å². The maximum absolute atomic E-state index is 12.4. The summed E-state index contributed by atoms with van der Waals surface area (Å²) in [5.41, 5.74) is 0.101. The molecule has 1 saturated heterocycles. The molecule has 0 radical (unpaired) electrons. The maximum atomic E-state index is 12.4. The monoisotopic (exact) mass is 239 g/mol. The minimum Gasteiger partial charge on any atom is -0.305 e. The predicted octanol–water partition coefficient (Wildman–Crippen LogP) is 3.36. The molecule has 1 aliphatic rings. The minimum absolute atomic E-state index is 0.0868. The van der Waals surface area contributed by atoms with E-state index >= 15 is 0 Å². The predicted molar refractivity (Wildman–Crippen MR) is 73.1 cm³/mol. The molecule has 0 amide bonds. The van der Waals surface area contributed by atoms with Gasteiger partial charge in [-0.15, -0.1) is 0 Å². The Hall–Kier alpha value is -0.370. The van der Waals surface area contributed by atoms with Crippen molar-refractivity contribution in [3.05, 3.63) is 0 Å². The lowest BCUT2D eigenvalue weighted by Crippen LogP contribution is -2.37. The van der Waals surface area contributed by atoms with Gasteiger partial charge in [0.05, 0.1) is 0 Å². The Morgan fingerprint density at radius 1 is 0.941 bits per heavy atom. The molecule has 1 fully saturated rings. The summed E-state index contributed by atoms with van der Waals surface area (Å²) in [6.45, 7) is 15.2. The molecule has 0 aromatic heterocycles. The Labute approximate surface area is 107 Å². The quantitative estimate of drug-likeness (QED) is 0.646. The van der Waals surface area contributed by atoms with Crippen LogP contribution in [-0.4, -0.2) is 30.8 Å². The average molecular weight is 239 g/mol. The van der Waals surface area contributed by atoms with Gasteiger partial charge >= 0.3 is 0 Å². The zero-order chi connectivity index (χ0) is 13.5. The zero-order valence-corrected chi connectivity index (χ0v) is 12.7. The van der Waals surface area contributed by atoms with Crippen LogP contribution in [0.3, 0.4) is 0 Å². The average Bonchev–Trinajstić information content (AvgIpc) is 1.96. The molecule has 0 bridgehead atoms. The first kappa shape index (κ1) is 14.7. The smallest absolute Gasteiger partial charge is 0.139 e. The van der Waals surface area contributed by atoms with Gasteiger partial charge in [0.25, 0.3) is 0 Å². The fourth-order valence-electron chi connectivity index (χ4n) is 3.60. The summed E-state index contributed by atoms with van der Waals surface area (Å²) in [7, 11) is 2.17. The summed E-state index contributed by atoms with van der Waals surface area (Å²) in [6.07, 6.45) is 1.67. The number of Topliss-reactive ketones (excluding diaryl/α,β-unsaturated/α-hetero) is 1. The van der Waals surface area contributed by atoms with Gasteiger partial charge in [0.1, 0.15) is 5.78 Å². The number of carbonyl (C=O) groups is 1. The second kappa shape index (κ2) is 4.38. The van der Waals surface area contributed by atoms with E-state index in [1.54, 1.807) is 0 Å². The highest BCUT2D eigenvalue weighted by Gasteiger charge is 2.39. The molecule has 2 heteroatoms. The van der Waals surface area contributed by atoms with Crippen LogP contribution in [-0.2, 0) is 4.79 Å². The van der Waals surface area contributed by atoms with E-state index in [1.807, 2.05) is 0 Å². The standard InChI is InChI=1S/C15H29NO/c1-13(2)8-12(17)15(5,6)9-14(3,4)11-16(7)10-13/h8-11H2,1-7H3. The van der Waals surface area contributed by atoms with Crippen LogP contribution in [0.2, 0.25) is 0 Å². The highest BCUT2D eigenvalue weighted by molar-refractivity contribution is 5.84. The van der Waals surface area contributed by atoms with Crippen LogP contribution < -0.4 is 0 Å². The minimum atomic E-state index is -0.189. The molecule has 17 heavy (non-hydrogen) atoms. The van der Waals surface area contributed by atoms with Crippen molar-refractivity contribution in [3.8, 4) is 0 Å². The Kier molecular flexibility index (Phi) is 3.79. The summed E-state index contributed by atoms with van der Waals surface area (Å²) in [6, 6.07) is 0. The number of rotatable bonds is 0. The summed E-state index contributed by atoms with van der Waals surface area (Å²) < 4.78 is 0. The molecule has 1 rings (SSSR count). The Morgan fingerprint density at radius 3 is 1.94 bits per heavy atom. The van der Waals surface area contributed by atoms with E-state index in [0.717, 1.165) is 19.5 Å². The summed E-state index contributed by atoms with van der Waals surface area (Å²) in [5, 5.41) is 0. The molecule has 0 aromatic rings. The van der Waals surface area contributed by atoms with Crippen LogP contribution in [0.1, 0.15) is 54.4 Å². The van der Waals surface area contributed by atoms with Gasteiger partial charge in [-0.05, 0) is 24.3 Å². The second-order valence-corrected chi connectivity index (χ2v) is 8.16. The van der Waals surface area contributed by atoms with Crippen molar-refractivity contribution in [2.75, 3.05) is 20.1 Å². The molecular formula is C15H29NO. The molecule has 1 heterocycles. The van der Waals surface area contributed by atoms with Gasteiger partial charge in [-0.25, -0.2) is 0 Å². The summed E-state index contributed by atoms with van der Waals surface area (Å²) >= 11 is 0. The van der Waals surface area contributed by atoms with Crippen molar-refractivity contribution >= 4 is 5.78 Å². The van der Waals surface area contributed by atoms with E-state index in [9.17, 15) is 4.79 Å². The number of hydrogen-bond acceptors (Lipinski definition) is 2. The third kappa shape index (κ3) is 4.09. The molecule has 2 nitrogen and oxygen atoms in total. The molecule has 0 spiro atoms. The van der Waals surface area contributed by atoms with E-state index in [-0.39, 0.29) is 16.2 Å². The van der Waals surface area contributed by atoms with Gasteiger partial charge in [0, 0.05) is 24.9 Å². The van der Waals surface area contributed by atoms with Crippen LogP contribution in [0.5, 0.6) is 0 Å². The normalized spacial score (nSPS) is 29.2.